The Balaban J connectivity index is 1.62. The molecular weight excluding hydrogens is 350 g/mol. The second-order valence-electron chi connectivity index (χ2n) is 6.55. The number of aromatic nitrogens is 1. The summed E-state index contributed by atoms with van der Waals surface area (Å²) in [5.41, 5.74) is 3.41. The highest BCUT2D eigenvalue weighted by Gasteiger charge is 2.24. The number of carbonyl (C=O) groups is 1. The van der Waals surface area contributed by atoms with E-state index in [1.54, 1.807) is 18.5 Å². The van der Waals surface area contributed by atoms with E-state index in [1.807, 2.05) is 24.3 Å². The zero-order valence-corrected chi connectivity index (χ0v) is 15.6. The Kier molecular flexibility index (Phi) is 5.56. The maximum absolute atomic E-state index is 12.2. The number of pyridine rings is 1. The van der Waals surface area contributed by atoms with Gasteiger partial charge in [0.1, 0.15) is 0 Å². The molecule has 3 rings (SSSR count). The maximum Gasteiger partial charge on any atom is 0.232 e. The smallest absolute Gasteiger partial charge is 0.232 e. The molecule has 138 valence electrons. The van der Waals surface area contributed by atoms with Crippen molar-refractivity contribution in [1.29, 1.82) is 0 Å². The van der Waals surface area contributed by atoms with Crippen LogP contribution in [-0.2, 0) is 27.7 Å². The van der Waals surface area contributed by atoms with Crippen molar-refractivity contribution >= 4 is 27.3 Å². The summed E-state index contributed by atoms with van der Waals surface area (Å²) in [6.07, 6.45) is 8.34. The number of rotatable bonds is 6. The first-order chi connectivity index (χ1) is 12.4. The third kappa shape index (κ3) is 4.60. The van der Waals surface area contributed by atoms with Crippen LogP contribution in [0.1, 0.15) is 30.4 Å². The zero-order valence-electron chi connectivity index (χ0n) is 14.8. The first-order valence-electron chi connectivity index (χ1n) is 8.73. The molecule has 0 saturated heterocycles. The van der Waals surface area contributed by atoms with E-state index in [0.717, 1.165) is 36.8 Å². The SMILES string of the molecule is CS(=O)(=O)N1CCCc2ccc(NC(=O)CCCc3cccnc3)cc21. The minimum Gasteiger partial charge on any atom is -0.326 e. The molecule has 0 saturated carbocycles. The van der Waals surface area contributed by atoms with Crippen LogP contribution in [0.2, 0.25) is 0 Å². The Morgan fingerprint density at radius 2 is 2.15 bits per heavy atom. The van der Waals surface area contributed by atoms with E-state index in [4.69, 9.17) is 0 Å². The van der Waals surface area contributed by atoms with Crippen molar-refractivity contribution < 1.29 is 13.2 Å². The number of hydrogen-bond donors (Lipinski definition) is 1. The number of hydrogen-bond acceptors (Lipinski definition) is 4. The predicted molar refractivity (Wildman–Crippen MR) is 103 cm³/mol. The minimum absolute atomic E-state index is 0.0736. The van der Waals surface area contributed by atoms with Crippen molar-refractivity contribution in [1.82, 2.24) is 4.98 Å². The van der Waals surface area contributed by atoms with Gasteiger partial charge in [-0.05, 0) is 55.0 Å². The van der Waals surface area contributed by atoms with E-state index in [2.05, 4.69) is 10.3 Å². The van der Waals surface area contributed by atoms with Crippen LogP contribution in [0, 0.1) is 0 Å². The van der Waals surface area contributed by atoms with Gasteiger partial charge in [-0.3, -0.25) is 14.1 Å². The van der Waals surface area contributed by atoms with Gasteiger partial charge in [0.25, 0.3) is 0 Å². The number of amides is 1. The molecule has 0 radical (unpaired) electrons. The van der Waals surface area contributed by atoms with Crippen LogP contribution < -0.4 is 9.62 Å². The van der Waals surface area contributed by atoms with Gasteiger partial charge in [0, 0.05) is 31.0 Å². The molecule has 0 unspecified atom stereocenters. The molecule has 2 aromatic rings. The van der Waals surface area contributed by atoms with E-state index in [-0.39, 0.29) is 5.91 Å². The second kappa shape index (κ2) is 7.86. The summed E-state index contributed by atoms with van der Waals surface area (Å²) in [6.45, 7) is 0.481. The molecule has 0 atom stereocenters. The Labute approximate surface area is 154 Å². The van der Waals surface area contributed by atoms with Crippen LogP contribution in [0.5, 0.6) is 0 Å². The van der Waals surface area contributed by atoms with E-state index < -0.39 is 10.0 Å². The number of carbonyl (C=O) groups excluding carboxylic acids is 1. The number of fused-ring (bicyclic) bond motifs is 1. The highest BCUT2D eigenvalue weighted by molar-refractivity contribution is 7.92. The molecule has 1 amide bonds. The van der Waals surface area contributed by atoms with E-state index in [9.17, 15) is 13.2 Å². The average molecular weight is 373 g/mol. The van der Waals surface area contributed by atoms with Gasteiger partial charge in [0.2, 0.25) is 15.9 Å². The molecule has 1 aliphatic rings. The monoisotopic (exact) mass is 373 g/mol. The first kappa shape index (κ1) is 18.4. The molecule has 6 nitrogen and oxygen atoms in total. The fraction of sp³-hybridized carbons (Fsp3) is 0.368. The van der Waals surface area contributed by atoms with E-state index in [1.165, 1.54) is 10.6 Å². The summed E-state index contributed by atoms with van der Waals surface area (Å²) >= 11 is 0. The highest BCUT2D eigenvalue weighted by atomic mass is 32.2. The van der Waals surface area contributed by atoms with Gasteiger partial charge < -0.3 is 5.32 Å². The molecule has 1 aromatic carbocycles. The fourth-order valence-corrected chi connectivity index (χ4v) is 4.17. The highest BCUT2D eigenvalue weighted by Crippen LogP contribution is 2.31. The van der Waals surface area contributed by atoms with Crippen LogP contribution >= 0.6 is 0 Å². The third-order valence-corrected chi connectivity index (χ3v) is 5.62. The number of sulfonamides is 1. The second-order valence-corrected chi connectivity index (χ2v) is 8.45. The van der Waals surface area contributed by atoms with Crippen LogP contribution in [0.25, 0.3) is 0 Å². The molecule has 1 N–H and O–H groups in total. The minimum atomic E-state index is -3.31. The van der Waals surface area contributed by atoms with Crippen molar-refractivity contribution in [2.24, 2.45) is 0 Å². The molecule has 1 aliphatic heterocycles. The summed E-state index contributed by atoms with van der Waals surface area (Å²) < 4.78 is 25.4. The van der Waals surface area contributed by atoms with Crippen molar-refractivity contribution in [3.8, 4) is 0 Å². The van der Waals surface area contributed by atoms with Gasteiger partial charge in [0.15, 0.2) is 0 Å². The lowest BCUT2D eigenvalue weighted by Crippen LogP contribution is -2.34. The van der Waals surface area contributed by atoms with Crippen molar-refractivity contribution in [2.45, 2.75) is 32.1 Å². The summed E-state index contributed by atoms with van der Waals surface area (Å²) in [5, 5.41) is 2.87. The Morgan fingerprint density at radius 1 is 1.31 bits per heavy atom. The van der Waals surface area contributed by atoms with Gasteiger partial charge in [-0.2, -0.15) is 0 Å². The summed E-state index contributed by atoms with van der Waals surface area (Å²) in [5.74, 6) is -0.0736. The Morgan fingerprint density at radius 3 is 2.88 bits per heavy atom. The van der Waals surface area contributed by atoms with Gasteiger partial charge in [-0.15, -0.1) is 0 Å². The molecule has 0 bridgehead atoms. The van der Waals surface area contributed by atoms with Gasteiger partial charge in [-0.25, -0.2) is 8.42 Å². The van der Waals surface area contributed by atoms with Crippen LogP contribution in [-0.4, -0.2) is 32.1 Å². The van der Waals surface area contributed by atoms with Crippen LogP contribution in [0.15, 0.2) is 42.7 Å². The maximum atomic E-state index is 12.2. The molecule has 0 spiro atoms. The van der Waals surface area contributed by atoms with Crippen LogP contribution in [0.3, 0.4) is 0 Å². The largest absolute Gasteiger partial charge is 0.326 e. The quantitative estimate of drug-likeness (QED) is 0.844. The third-order valence-electron chi connectivity index (χ3n) is 4.44. The number of aryl methyl sites for hydroxylation is 2. The Bertz CT molecular complexity index is 882. The standard InChI is InChI=1S/C19H23N3O3S/c1-26(24,25)22-12-4-7-16-9-10-17(13-18(16)22)21-19(23)8-2-5-15-6-3-11-20-14-15/h3,6,9-11,13-14H,2,4-5,7-8,12H2,1H3,(H,21,23). The summed E-state index contributed by atoms with van der Waals surface area (Å²) in [7, 11) is -3.31. The van der Waals surface area contributed by atoms with Gasteiger partial charge in [-0.1, -0.05) is 12.1 Å². The zero-order chi connectivity index (χ0) is 18.6. The molecule has 26 heavy (non-hydrogen) atoms. The van der Waals surface area contributed by atoms with E-state index in [0.29, 0.717) is 24.3 Å². The van der Waals surface area contributed by atoms with Gasteiger partial charge in [0.05, 0.1) is 11.9 Å². The molecule has 0 fully saturated rings. The summed E-state index contributed by atoms with van der Waals surface area (Å²) in [4.78, 5) is 16.3. The lowest BCUT2D eigenvalue weighted by Gasteiger charge is -2.29. The van der Waals surface area contributed by atoms with Gasteiger partial charge >= 0.3 is 0 Å². The number of nitrogens with one attached hydrogen (secondary N) is 1. The lowest BCUT2D eigenvalue weighted by molar-refractivity contribution is -0.116. The fourth-order valence-electron chi connectivity index (χ4n) is 3.19. The Hall–Kier alpha value is -2.41. The van der Waals surface area contributed by atoms with Crippen molar-refractivity contribution in [3.05, 3.63) is 53.9 Å². The number of anilines is 2. The van der Waals surface area contributed by atoms with E-state index >= 15 is 0 Å². The number of nitrogens with zero attached hydrogens (tertiary/aromatic N) is 2. The first-order valence-corrected chi connectivity index (χ1v) is 10.6. The molecule has 2 heterocycles. The number of benzene rings is 1. The topological polar surface area (TPSA) is 79.4 Å². The van der Waals surface area contributed by atoms with Crippen LogP contribution in [0.4, 0.5) is 11.4 Å². The normalized spacial score (nSPS) is 14.0. The molecule has 1 aromatic heterocycles. The molecular formula is C19H23N3O3S. The summed E-state index contributed by atoms with van der Waals surface area (Å²) in [6, 6.07) is 9.38. The average Bonchev–Trinajstić information content (AvgIpc) is 2.61. The lowest BCUT2D eigenvalue weighted by atomic mass is 10.0. The molecule has 7 heteroatoms. The molecule has 0 aliphatic carbocycles. The van der Waals surface area contributed by atoms with Crippen molar-refractivity contribution in [2.75, 3.05) is 22.4 Å². The van der Waals surface area contributed by atoms with Crippen molar-refractivity contribution in [3.63, 3.8) is 0 Å². The predicted octanol–water partition coefficient (Wildman–Crippen LogP) is 2.76.